The molecule has 0 aliphatic rings. The lowest BCUT2D eigenvalue weighted by Gasteiger charge is -2.10. The normalized spacial score (nSPS) is 11.7. The molecule has 148 valence electrons. The summed E-state index contributed by atoms with van der Waals surface area (Å²) in [6, 6.07) is 11.5. The van der Waals surface area contributed by atoms with E-state index in [1.807, 2.05) is 0 Å². The minimum Gasteiger partial charge on any atom is -0.461 e. The minimum absolute atomic E-state index is 0.102. The molecule has 0 saturated carbocycles. The van der Waals surface area contributed by atoms with E-state index >= 15 is 0 Å². The van der Waals surface area contributed by atoms with Crippen LogP contribution in [0.15, 0.2) is 63.9 Å². The van der Waals surface area contributed by atoms with Gasteiger partial charge in [-0.3, -0.25) is 9.89 Å². The van der Waals surface area contributed by atoms with Crippen molar-refractivity contribution in [1.29, 1.82) is 0 Å². The Morgan fingerprint density at radius 2 is 1.86 bits per heavy atom. The molecule has 0 aliphatic carbocycles. The number of nitrogens with zero attached hydrogens (tertiary/aromatic N) is 1. The molecule has 0 radical (unpaired) electrons. The third-order valence-corrected chi connectivity index (χ3v) is 4.55. The van der Waals surface area contributed by atoms with Gasteiger partial charge in [0.2, 0.25) is 0 Å². The Balaban J connectivity index is 1.55. The highest BCUT2D eigenvalue weighted by Crippen LogP contribution is 2.31. The maximum atomic E-state index is 12.8. The lowest BCUT2D eigenvalue weighted by atomic mass is 10.1. The van der Waals surface area contributed by atoms with E-state index in [4.69, 9.17) is 4.42 Å². The summed E-state index contributed by atoms with van der Waals surface area (Å²) >= 11 is 0. The van der Waals surface area contributed by atoms with Gasteiger partial charge in [0, 0.05) is 29.9 Å². The van der Waals surface area contributed by atoms with Gasteiger partial charge in [0.25, 0.3) is 0 Å². The van der Waals surface area contributed by atoms with E-state index in [9.17, 15) is 18.0 Å². The predicted molar refractivity (Wildman–Crippen MR) is 104 cm³/mol. The predicted octanol–water partition coefficient (Wildman–Crippen LogP) is 5.12. The van der Waals surface area contributed by atoms with Crippen molar-refractivity contribution in [2.75, 3.05) is 5.32 Å². The Morgan fingerprint density at radius 3 is 2.59 bits per heavy atom. The molecule has 8 heteroatoms. The Morgan fingerprint density at radius 1 is 1.10 bits per heavy atom. The molecule has 29 heavy (non-hydrogen) atoms. The fourth-order valence-electron chi connectivity index (χ4n) is 3.10. The number of aromatic nitrogens is 2. The number of H-pyrrole nitrogens is 1. The van der Waals surface area contributed by atoms with Crippen molar-refractivity contribution in [3.05, 3.63) is 81.8 Å². The Labute approximate surface area is 163 Å². The van der Waals surface area contributed by atoms with Gasteiger partial charge in [-0.05, 0) is 36.8 Å². The minimum atomic E-state index is -4.37. The van der Waals surface area contributed by atoms with Crippen LogP contribution in [0.25, 0.3) is 22.2 Å². The summed E-state index contributed by atoms with van der Waals surface area (Å²) in [6.45, 7) is 2.09. The summed E-state index contributed by atoms with van der Waals surface area (Å²) in [7, 11) is 0. The van der Waals surface area contributed by atoms with E-state index in [1.54, 1.807) is 31.3 Å². The second-order valence-electron chi connectivity index (χ2n) is 6.63. The molecule has 0 fully saturated rings. The Bertz CT molecular complexity index is 1220. The molecule has 0 aliphatic heterocycles. The SMILES string of the molecule is Cc1cc(=O)c2ccc(NCc3cn[nH]c3-c3ccc(C(F)(F)F)cc3)cc2o1. The van der Waals surface area contributed by atoms with Crippen LogP contribution in [0.3, 0.4) is 0 Å². The number of alkyl halides is 3. The van der Waals surface area contributed by atoms with Crippen LogP contribution in [0, 0.1) is 6.92 Å². The van der Waals surface area contributed by atoms with Gasteiger partial charge in [-0.25, -0.2) is 0 Å². The number of fused-ring (bicyclic) bond motifs is 1. The van der Waals surface area contributed by atoms with E-state index in [1.165, 1.54) is 18.2 Å². The molecule has 4 aromatic rings. The number of halogens is 3. The van der Waals surface area contributed by atoms with Gasteiger partial charge in [0.15, 0.2) is 5.43 Å². The maximum absolute atomic E-state index is 12.8. The molecule has 0 spiro atoms. The number of benzene rings is 2. The third-order valence-electron chi connectivity index (χ3n) is 4.55. The molecule has 0 saturated heterocycles. The molecule has 0 unspecified atom stereocenters. The second kappa shape index (κ2) is 7.12. The average Bonchev–Trinajstić information content (AvgIpc) is 3.14. The standard InChI is InChI=1S/C21H16F3N3O2/c1-12-8-18(28)17-7-6-16(9-19(17)29-12)25-10-14-11-26-27-20(14)13-2-4-15(5-3-13)21(22,23)24/h2-9,11,25H,10H2,1H3,(H,26,27). The molecule has 2 aromatic heterocycles. The smallest absolute Gasteiger partial charge is 0.416 e. The van der Waals surface area contributed by atoms with Gasteiger partial charge >= 0.3 is 6.18 Å². The summed E-state index contributed by atoms with van der Waals surface area (Å²) in [4.78, 5) is 12.0. The van der Waals surface area contributed by atoms with Gasteiger partial charge in [0.1, 0.15) is 11.3 Å². The second-order valence-corrected chi connectivity index (χ2v) is 6.63. The van der Waals surface area contributed by atoms with Crippen LogP contribution in [0.5, 0.6) is 0 Å². The number of hydrogen-bond donors (Lipinski definition) is 2. The number of aryl methyl sites for hydroxylation is 1. The van der Waals surface area contributed by atoms with Gasteiger partial charge in [-0.1, -0.05) is 12.1 Å². The number of rotatable bonds is 4. The quantitative estimate of drug-likeness (QED) is 0.500. The molecule has 0 atom stereocenters. The van der Waals surface area contributed by atoms with E-state index in [2.05, 4.69) is 15.5 Å². The number of anilines is 1. The molecule has 0 amide bonds. The van der Waals surface area contributed by atoms with Gasteiger partial charge in [-0.2, -0.15) is 18.3 Å². The van der Waals surface area contributed by atoms with Crippen molar-refractivity contribution in [3.63, 3.8) is 0 Å². The molecule has 4 rings (SSSR count). The highest BCUT2D eigenvalue weighted by atomic mass is 19.4. The van der Waals surface area contributed by atoms with E-state index < -0.39 is 11.7 Å². The first-order chi connectivity index (χ1) is 13.8. The van der Waals surface area contributed by atoms with Crippen LogP contribution in [0.2, 0.25) is 0 Å². The summed E-state index contributed by atoms with van der Waals surface area (Å²) in [5.41, 5.74) is 2.45. The highest BCUT2D eigenvalue weighted by Gasteiger charge is 2.30. The zero-order chi connectivity index (χ0) is 20.6. The molecule has 2 heterocycles. The molecule has 5 nitrogen and oxygen atoms in total. The van der Waals surface area contributed by atoms with Crippen molar-refractivity contribution in [2.45, 2.75) is 19.6 Å². The van der Waals surface area contributed by atoms with Gasteiger partial charge in [-0.15, -0.1) is 0 Å². The molecule has 2 aromatic carbocycles. The maximum Gasteiger partial charge on any atom is 0.416 e. The van der Waals surface area contributed by atoms with E-state index in [-0.39, 0.29) is 5.43 Å². The van der Waals surface area contributed by atoms with Crippen LogP contribution in [-0.4, -0.2) is 10.2 Å². The fraction of sp³-hybridized carbons (Fsp3) is 0.143. The molecular weight excluding hydrogens is 383 g/mol. The molecule has 2 N–H and O–H groups in total. The number of aromatic amines is 1. The van der Waals surface area contributed by atoms with E-state index in [0.717, 1.165) is 23.4 Å². The van der Waals surface area contributed by atoms with Crippen molar-refractivity contribution in [2.24, 2.45) is 0 Å². The number of hydrogen-bond acceptors (Lipinski definition) is 4. The summed E-state index contributed by atoms with van der Waals surface area (Å²) in [5.74, 6) is 0.527. The van der Waals surface area contributed by atoms with Crippen molar-refractivity contribution < 1.29 is 17.6 Å². The Kier molecular flexibility index (Phi) is 4.62. The molecule has 0 bridgehead atoms. The van der Waals surface area contributed by atoms with E-state index in [0.29, 0.717) is 34.5 Å². The first kappa shape index (κ1) is 18.8. The van der Waals surface area contributed by atoms with Gasteiger partial charge < -0.3 is 9.73 Å². The Hall–Kier alpha value is -3.55. The first-order valence-electron chi connectivity index (χ1n) is 8.79. The fourth-order valence-corrected chi connectivity index (χ4v) is 3.10. The summed E-state index contributed by atoms with van der Waals surface area (Å²) in [6.07, 6.45) is -2.76. The largest absolute Gasteiger partial charge is 0.461 e. The summed E-state index contributed by atoms with van der Waals surface area (Å²) < 4.78 is 43.9. The first-order valence-corrected chi connectivity index (χ1v) is 8.79. The van der Waals surface area contributed by atoms with Gasteiger partial charge in [0.05, 0.1) is 22.8 Å². The monoisotopic (exact) mass is 399 g/mol. The number of nitrogens with one attached hydrogen (secondary N) is 2. The summed E-state index contributed by atoms with van der Waals surface area (Å²) in [5, 5.41) is 10.6. The van der Waals surface area contributed by atoms with Crippen molar-refractivity contribution >= 4 is 16.7 Å². The zero-order valence-corrected chi connectivity index (χ0v) is 15.3. The lowest BCUT2D eigenvalue weighted by Crippen LogP contribution is -2.04. The lowest BCUT2D eigenvalue weighted by molar-refractivity contribution is -0.137. The average molecular weight is 399 g/mol. The third kappa shape index (κ3) is 3.87. The van der Waals surface area contributed by atoms with Crippen LogP contribution in [0.1, 0.15) is 16.9 Å². The van der Waals surface area contributed by atoms with Crippen LogP contribution >= 0.6 is 0 Å². The van der Waals surface area contributed by atoms with Crippen molar-refractivity contribution in [3.8, 4) is 11.3 Å². The van der Waals surface area contributed by atoms with Crippen LogP contribution in [0.4, 0.5) is 18.9 Å². The zero-order valence-electron chi connectivity index (χ0n) is 15.3. The topological polar surface area (TPSA) is 70.9 Å². The highest BCUT2D eigenvalue weighted by molar-refractivity contribution is 5.80. The van der Waals surface area contributed by atoms with Crippen LogP contribution in [-0.2, 0) is 12.7 Å². The molecular formula is C21H16F3N3O2. The van der Waals surface area contributed by atoms with Crippen molar-refractivity contribution in [1.82, 2.24) is 10.2 Å². The van der Waals surface area contributed by atoms with Crippen LogP contribution < -0.4 is 10.7 Å².